The third-order valence-corrected chi connectivity index (χ3v) is 6.07. The Labute approximate surface area is 194 Å². The number of ether oxygens (including phenoxy) is 1. The van der Waals surface area contributed by atoms with Crippen LogP contribution in [0.15, 0.2) is 90.1 Å². The summed E-state index contributed by atoms with van der Waals surface area (Å²) in [5, 5.41) is 4.01. The molecule has 3 aromatic carbocycles. The lowest BCUT2D eigenvalue weighted by Gasteiger charge is -2.37. The topological polar surface area (TPSA) is 41.6 Å². The molecule has 4 nitrogen and oxygen atoms in total. The summed E-state index contributed by atoms with van der Waals surface area (Å²) in [6.45, 7) is 6.71. The minimum atomic E-state index is -0.328. The van der Waals surface area contributed by atoms with E-state index in [1.165, 1.54) is 0 Å². The minimum Gasteiger partial charge on any atom is -0.457 e. The molecule has 1 aliphatic heterocycles. The number of para-hydroxylation sites is 1. The Morgan fingerprint density at radius 3 is 2.28 bits per heavy atom. The molecule has 1 N–H and O–H groups in total. The maximum atomic E-state index is 13.5. The van der Waals surface area contributed by atoms with E-state index in [9.17, 15) is 4.79 Å². The average Bonchev–Trinajstić information content (AvgIpc) is 2.81. The molecule has 0 radical (unpaired) electrons. The number of allylic oxidation sites excluding steroid dienone is 1. The predicted octanol–water partition coefficient (Wildman–Crippen LogP) is 6.20. The van der Waals surface area contributed by atoms with Crippen LogP contribution in [-0.4, -0.2) is 22.3 Å². The highest BCUT2D eigenvalue weighted by Crippen LogP contribution is 2.34. The Bertz CT molecular complexity index is 1170. The smallest absolute Gasteiger partial charge is 0.193 e. The molecule has 0 bridgehead atoms. The van der Waals surface area contributed by atoms with Gasteiger partial charge < -0.3 is 15.0 Å². The molecular formula is C27H26N2O2S. The molecule has 1 heterocycles. The van der Waals surface area contributed by atoms with Crippen LogP contribution in [0.25, 0.3) is 0 Å². The van der Waals surface area contributed by atoms with Crippen molar-refractivity contribution in [2.45, 2.75) is 26.8 Å². The second kappa shape index (κ2) is 9.37. The average molecular weight is 443 g/mol. The largest absolute Gasteiger partial charge is 0.457 e. The van der Waals surface area contributed by atoms with Gasteiger partial charge in [0.15, 0.2) is 10.9 Å². The first kappa shape index (κ1) is 21.8. The zero-order valence-corrected chi connectivity index (χ0v) is 19.3. The Hall–Kier alpha value is -3.44. The van der Waals surface area contributed by atoms with Crippen LogP contribution in [-0.2, 0) is 0 Å². The molecule has 0 saturated carbocycles. The van der Waals surface area contributed by atoms with Gasteiger partial charge in [-0.3, -0.25) is 4.79 Å². The van der Waals surface area contributed by atoms with Crippen molar-refractivity contribution in [3.8, 4) is 11.5 Å². The second-order valence-corrected chi connectivity index (χ2v) is 8.14. The van der Waals surface area contributed by atoms with E-state index in [1.807, 2.05) is 105 Å². The molecule has 4 rings (SSSR count). The lowest BCUT2D eigenvalue weighted by atomic mass is 9.89. The number of nitrogens with one attached hydrogen (secondary N) is 1. The fourth-order valence-electron chi connectivity index (χ4n) is 3.98. The van der Waals surface area contributed by atoms with E-state index in [1.54, 1.807) is 0 Å². The van der Waals surface area contributed by atoms with Crippen LogP contribution in [0.1, 0.15) is 41.4 Å². The van der Waals surface area contributed by atoms with E-state index in [2.05, 4.69) is 5.32 Å². The Morgan fingerprint density at radius 2 is 1.62 bits per heavy atom. The quantitative estimate of drug-likeness (QED) is 0.364. The molecule has 0 saturated heterocycles. The highest BCUT2D eigenvalue weighted by molar-refractivity contribution is 7.80. The third kappa shape index (κ3) is 4.30. The maximum Gasteiger partial charge on any atom is 0.193 e. The summed E-state index contributed by atoms with van der Waals surface area (Å²) in [5.74, 6) is 1.57. The van der Waals surface area contributed by atoms with Crippen molar-refractivity contribution in [2.24, 2.45) is 0 Å². The molecule has 3 aromatic rings. The fourth-order valence-corrected chi connectivity index (χ4v) is 4.36. The lowest BCUT2D eigenvalue weighted by molar-refractivity contribution is 0.102. The minimum absolute atomic E-state index is 0.00165. The molecule has 162 valence electrons. The highest BCUT2D eigenvalue weighted by Gasteiger charge is 2.33. The van der Waals surface area contributed by atoms with Gasteiger partial charge in [-0.2, -0.15) is 0 Å². The number of rotatable bonds is 6. The molecule has 1 unspecified atom stereocenters. The number of ketones is 1. The van der Waals surface area contributed by atoms with Crippen LogP contribution in [0.4, 0.5) is 0 Å². The van der Waals surface area contributed by atoms with Crippen molar-refractivity contribution in [2.75, 3.05) is 6.54 Å². The van der Waals surface area contributed by atoms with Gasteiger partial charge in [-0.05, 0) is 62.3 Å². The Morgan fingerprint density at radius 1 is 0.969 bits per heavy atom. The van der Waals surface area contributed by atoms with Crippen molar-refractivity contribution in [1.82, 2.24) is 10.2 Å². The number of nitrogens with zero attached hydrogens (tertiary/aromatic N) is 1. The van der Waals surface area contributed by atoms with Gasteiger partial charge in [-0.1, -0.05) is 60.7 Å². The third-order valence-electron chi connectivity index (χ3n) is 5.73. The first-order chi connectivity index (χ1) is 15.5. The molecule has 0 amide bonds. The molecule has 0 spiro atoms. The monoisotopic (exact) mass is 442 g/mol. The summed E-state index contributed by atoms with van der Waals surface area (Å²) in [5.41, 5.74) is 4.29. The molecule has 1 atom stereocenters. The van der Waals surface area contributed by atoms with Gasteiger partial charge in [0.1, 0.15) is 11.5 Å². The van der Waals surface area contributed by atoms with Crippen LogP contribution in [0.5, 0.6) is 11.5 Å². The molecule has 5 heteroatoms. The van der Waals surface area contributed by atoms with E-state index < -0.39 is 0 Å². The zero-order chi connectivity index (χ0) is 22.7. The Kier molecular flexibility index (Phi) is 6.37. The molecular weight excluding hydrogens is 416 g/mol. The summed E-state index contributed by atoms with van der Waals surface area (Å²) in [6.07, 6.45) is 0. The number of carbonyl (C=O) groups excluding carboxylic acids is 1. The highest BCUT2D eigenvalue weighted by atomic mass is 32.1. The first-order valence-electron chi connectivity index (χ1n) is 10.7. The molecule has 0 aliphatic carbocycles. The summed E-state index contributed by atoms with van der Waals surface area (Å²) < 4.78 is 6.04. The maximum absolute atomic E-state index is 13.5. The van der Waals surface area contributed by atoms with E-state index >= 15 is 0 Å². The number of hydrogen-bond donors (Lipinski definition) is 1. The van der Waals surface area contributed by atoms with Gasteiger partial charge in [0.25, 0.3) is 0 Å². The summed E-state index contributed by atoms with van der Waals surface area (Å²) in [4.78, 5) is 15.5. The van der Waals surface area contributed by atoms with Crippen LogP contribution < -0.4 is 10.1 Å². The van der Waals surface area contributed by atoms with Gasteiger partial charge in [0.05, 0.1) is 6.04 Å². The standard InChI is InChI=1S/C27H26N2O2S/c1-4-29-19(3)24(26(30)21-11-6-5-7-12-21)25(28-27(29)32)20-14-16-22(17-15-20)31-23-13-9-8-10-18(23)2/h5-17,25H,4H2,1-3H3,(H,28,32). The lowest BCUT2D eigenvalue weighted by Crippen LogP contribution is -2.47. The number of aryl methyl sites for hydroxylation is 1. The molecule has 0 aromatic heterocycles. The van der Waals surface area contributed by atoms with Gasteiger partial charge in [-0.25, -0.2) is 0 Å². The summed E-state index contributed by atoms with van der Waals surface area (Å²) in [6, 6.07) is 24.8. The summed E-state index contributed by atoms with van der Waals surface area (Å²) in [7, 11) is 0. The van der Waals surface area contributed by atoms with Crippen molar-refractivity contribution in [1.29, 1.82) is 0 Å². The number of Topliss-reactive ketones (excluding diaryl/α,β-unsaturated/α-hetero) is 1. The van der Waals surface area contributed by atoms with Gasteiger partial charge in [0.2, 0.25) is 0 Å². The Balaban J connectivity index is 1.69. The van der Waals surface area contributed by atoms with Crippen molar-refractivity contribution < 1.29 is 9.53 Å². The second-order valence-electron chi connectivity index (χ2n) is 7.76. The number of benzene rings is 3. The first-order valence-corrected chi connectivity index (χ1v) is 11.1. The van der Waals surface area contributed by atoms with Crippen molar-refractivity contribution in [3.05, 3.63) is 107 Å². The van der Waals surface area contributed by atoms with E-state index in [0.29, 0.717) is 22.8 Å². The van der Waals surface area contributed by atoms with Gasteiger partial charge in [0, 0.05) is 23.4 Å². The van der Waals surface area contributed by atoms with Crippen LogP contribution >= 0.6 is 12.2 Å². The van der Waals surface area contributed by atoms with Gasteiger partial charge >= 0.3 is 0 Å². The molecule has 32 heavy (non-hydrogen) atoms. The summed E-state index contributed by atoms with van der Waals surface area (Å²) >= 11 is 5.61. The predicted molar refractivity (Wildman–Crippen MR) is 132 cm³/mol. The molecule has 0 fully saturated rings. The fraction of sp³-hybridized carbons (Fsp3) is 0.185. The van der Waals surface area contributed by atoms with Crippen LogP contribution in [0.2, 0.25) is 0 Å². The van der Waals surface area contributed by atoms with E-state index in [4.69, 9.17) is 17.0 Å². The normalized spacial score (nSPS) is 16.0. The zero-order valence-electron chi connectivity index (χ0n) is 18.5. The van der Waals surface area contributed by atoms with Crippen molar-refractivity contribution >= 4 is 23.1 Å². The number of hydrogen-bond acceptors (Lipinski definition) is 3. The van der Waals surface area contributed by atoms with Crippen LogP contribution in [0.3, 0.4) is 0 Å². The van der Waals surface area contributed by atoms with Crippen LogP contribution in [0, 0.1) is 6.92 Å². The van der Waals surface area contributed by atoms with E-state index in [-0.39, 0.29) is 11.8 Å². The molecule has 1 aliphatic rings. The van der Waals surface area contributed by atoms with E-state index in [0.717, 1.165) is 28.3 Å². The van der Waals surface area contributed by atoms with Gasteiger partial charge in [-0.15, -0.1) is 0 Å². The number of thiocarbonyl (C=S) groups is 1. The van der Waals surface area contributed by atoms with Crippen molar-refractivity contribution in [3.63, 3.8) is 0 Å². The number of carbonyl (C=O) groups is 1. The SMILES string of the molecule is CCN1C(=S)NC(c2ccc(Oc3ccccc3C)cc2)C(C(=O)c2ccccc2)=C1C.